The molecule has 2 aromatic carbocycles. The van der Waals surface area contributed by atoms with Crippen LogP contribution in [-0.4, -0.2) is 38.4 Å². The zero-order chi connectivity index (χ0) is 22.7. The number of amides is 2. The highest BCUT2D eigenvalue weighted by atomic mass is 16.2. The number of aryl methyl sites for hydroxylation is 1. The van der Waals surface area contributed by atoms with Crippen molar-refractivity contribution in [1.82, 2.24) is 20.1 Å². The molecule has 0 aliphatic rings. The van der Waals surface area contributed by atoms with Gasteiger partial charge in [-0.1, -0.05) is 54.6 Å². The van der Waals surface area contributed by atoms with Crippen molar-refractivity contribution in [2.45, 2.75) is 19.4 Å². The largest absolute Gasteiger partial charge is 0.363 e. The van der Waals surface area contributed by atoms with Crippen LogP contribution in [0.5, 0.6) is 0 Å². The van der Waals surface area contributed by atoms with Crippen molar-refractivity contribution < 1.29 is 14.4 Å². The summed E-state index contributed by atoms with van der Waals surface area (Å²) in [5.74, 6) is -2.04. The number of aromatic nitrogens is 3. The molecule has 4 aromatic rings. The van der Waals surface area contributed by atoms with Crippen LogP contribution in [0.1, 0.15) is 21.7 Å². The Morgan fingerprint density at radius 1 is 1.03 bits per heavy atom. The number of nitrogens with one attached hydrogen (secondary N) is 1. The summed E-state index contributed by atoms with van der Waals surface area (Å²) < 4.78 is 1.45. The average Bonchev–Trinajstić information content (AvgIpc) is 3.20. The molecule has 3 N–H and O–H groups in total. The van der Waals surface area contributed by atoms with E-state index in [1.807, 2.05) is 60.7 Å². The highest BCUT2D eigenvalue weighted by Gasteiger charge is 2.27. The second kappa shape index (κ2) is 8.81. The summed E-state index contributed by atoms with van der Waals surface area (Å²) >= 11 is 0. The van der Waals surface area contributed by atoms with E-state index in [1.165, 1.54) is 4.68 Å². The first-order valence-corrected chi connectivity index (χ1v) is 10.0. The van der Waals surface area contributed by atoms with Crippen LogP contribution in [0.2, 0.25) is 0 Å². The molecule has 2 aromatic heterocycles. The molecule has 0 unspecified atom stereocenters. The van der Waals surface area contributed by atoms with E-state index < -0.39 is 23.6 Å². The van der Waals surface area contributed by atoms with Gasteiger partial charge < -0.3 is 11.1 Å². The Labute approximate surface area is 184 Å². The molecule has 2 heterocycles. The van der Waals surface area contributed by atoms with E-state index in [-0.39, 0.29) is 12.1 Å². The fourth-order valence-corrected chi connectivity index (χ4v) is 3.56. The Balaban J connectivity index is 1.70. The summed E-state index contributed by atoms with van der Waals surface area (Å²) in [6.07, 6.45) is 1.78. The third kappa shape index (κ3) is 4.24. The van der Waals surface area contributed by atoms with Crippen LogP contribution in [-0.2, 0) is 16.0 Å². The molecule has 0 saturated heterocycles. The number of carbonyl (C=O) groups is 3. The summed E-state index contributed by atoms with van der Waals surface area (Å²) in [6.45, 7) is 1.76. The first kappa shape index (κ1) is 20.9. The Hall–Kier alpha value is -4.33. The van der Waals surface area contributed by atoms with Gasteiger partial charge in [0.15, 0.2) is 5.82 Å². The van der Waals surface area contributed by atoms with E-state index in [0.717, 1.165) is 16.3 Å². The van der Waals surface area contributed by atoms with Crippen molar-refractivity contribution in [3.63, 3.8) is 0 Å². The van der Waals surface area contributed by atoms with Crippen molar-refractivity contribution in [2.24, 2.45) is 5.73 Å². The second-order valence-corrected chi connectivity index (χ2v) is 7.38. The van der Waals surface area contributed by atoms with Crippen LogP contribution < -0.4 is 11.1 Å². The number of nitrogens with two attached hydrogens (primary N) is 1. The number of hydrogen-bond acceptors (Lipinski definition) is 5. The predicted molar refractivity (Wildman–Crippen MR) is 119 cm³/mol. The summed E-state index contributed by atoms with van der Waals surface area (Å²) in [5, 5.41) is 8.86. The number of nitrogens with zero attached hydrogens (tertiary/aromatic N) is 3. The van der Waals surface area contributed by atoms with Crippen molar-refractivity contribution in [3.05, 3.63) is 89.9 Å². The minimum atomic E-state index is -1.11. The van der Waals surface area contributed by atoms with Gasteiger partial charge in [0.1, 0.15) is 11.7 Å². The van der Waals surface area contributed by atoms with Crippen molar-refractivity contribution >= 4 is 28.4 Å². The number of rotatable bonds is 7. The maximum atomic E-state index is 13.2. The van der Waals surface area contributed by atoms with Gasteiger partial charge in [0.25, 0.3) is 11.8 Å². The van der Waals surface area contributed by atoms with E-state index >= 15 is 0 Å². The summed E-state index contributed by atoms with van der Waals surface area (Å²) in [7, 11) is 0. The van der Waals surface area contributed by atoms with Gasteiger partial charge in [0.05, 0.1) is 5.69 Å². The molecule has 0 fully saturated rings. The minimum Gasteiger partial charge on any atom is -0.363 e. The molecule has 0 bridgehead atoms. The molecule has 32 heavy (non-hydrogen) atoms. The first-order valence-electron chi connectivity index (χ1n) is 10.0. The Kier molecular flexibility index (Phi) is 5.76. The van der Waals surface area contributed by atoms with Crippen LogP contribution in [0.4, 0.5) is 0 Å². The zero-order valence-corrected chi connectivity index (χ0v) is 17.4. The first-order chi connectivity index (χ1) is 15.4. The van der Waals surface area contributed by atoms with Gasteiger partial charge >= 0.3 is 0 Å². The van der Waals surface area contributed by atoms with E-state index in [4.69, 9.17) is 5.73 Å². The molecule has 1 atom stereocenters. The number of fused-ring (bicyclic) bond motifs is 1. The Morgan fingerprint density at radius 2 is 1.75 bits per heavy atom. The number of primary amides is 1. The van der Waals surface area contributed by atoms with E-state index in [1.54, 1.807) is 19.2 Å². The van der Waals surface area contributed by atoms with E-state index in [2.05, 4.69) is 15.4 Å². The standard InChI is InChI=1S/C24H21N5O3/c1-15-13-20(29(28-15)23-18-10-6-5-9-17(18)11-12-26-23)24(32)27-19(21(30)22(25)31)14-16-7-3-2-4-8-16/h2-13,19H,14H2,1H3,(H2,25,31)(H,27,32)/t19-/m0/s1. The summed E-state index contributed by atoms with van der Waals surface area (Å²) in [4.78, 5) is 41.6. The van der Waals surface area contributed by atoms with Gasteiger partial charge in [-0.25, -0.2) is 9.67 Å². The molecular formula is C24H21N5O3. The normalized spacial score (nSPS) is 11.8. The average molecular weight is 427 g/mol. The van der Waals surface area contributed by atoms with Crippen LogP contribution in [0.25, 0.3) is 16.6 Å². The number of benzene rings is 2. The van der Waals surface area contributed by atoms with Crippen LogP contribution >= 0.6 is 0 Å². The number of Topliss-reactive ketones (excluding diaryl/α,β-unsaturated/α-hetero) is 1. The van der Waals surface area contributed by atoms with Gasteiger partial charge in [-0.05, 0) is 30.0 Å². The van der Waals surface area contributed by atoms with Gasteiger partial charge in [-0.3, -0.25) is 14.4 Å². The lowest BCUT2D eigenvalue weighted by Gasteiger charge is -2.17. The fraction of sp³-hybridized carbons (Fsp3) is 0.125. The van der Waals surface area contributed by atoms with Crippen molar-refractivity contribution in [1.29, 1.82) is 0 Å². The van der Waals surface area contributed by atoms with Gasteiger partial charge in [-0.2, -0.15) is 5.10 Å². The number of carbonyl (C=O) groups excluding carboxylic acids is 3. The van der Waals surface area contributed by atoms with E-state index in [9.17, 15) is 14.4 Å². The summed E-state index contributed by atoms with van der Waals surface area (Å²) in [6, 6.07) is 19.1. The maximum Gasteiger partial charge on any atom is 0.287 e. The third-order valence-corrected chi connectivity index (χ3v) is 5.06. The number of ketones is 1. The quantitative estimate of drug-likeness (QED) is 0.438. The zero-order valence-electron chi connectivity index (χ0n) is 17.4. The number of pyridine rings is 1. The molecule has 8 heteroatoms. The molecule has 0 spiro atoms. The smallest absolute Gasteiger partial charge is 0.287 e. The highest BCUT2D eigenvalue weighted by molar-refractivity contribution is 6.38. The van der Waals surface area contributed by atoms with Gasteiger partial charge in [0.2, 0.25) is 5.78 Å². The molecule has 4 rings (SSSR count). The maximum absolute atomic E-state index is 13.2. The molecule has 0 aliphatic carbocycles. The highest BCUT2D eigenvalue weighted by Crippen LogP contribution is 2.21. The van der Waals surface area contributed by atoms with Crippen molar-refractivity contribution in [3.8, 4) is 5.82 Å². The Bertz CT molecular complexity index is 1310. The fourth-order valence-electron chi connectivity index (χ4n) is 3.56. The Morgan fingerprint density at radius 3 is 2.50 bits per heavy atom. The molecule has 0 saturated carbocycles. The molecule has 160 valence electrons. The van der Waals surface area contributed by atoms with Gasteiger partial charge in [-0.15, -0.1) is 0 Å². The molecular weight excluding hydrogens is 406 g/mol. The summed E-state index contributed by atoms with van der Waals surface area (Å²) in [5.41, 5.74) is 6.81. The molecule has 0 radical (unpaired) electrons. The lowest BCUT2D eigenvalue weighted by atomic mass is 10.0. The molecule has 2 amide bonds. The third-order valence-electron chi connectivity index (χ3n) is 5.06. The lowest BCUT2D eigenvalue weighted by Crippen LogP contribution is -2.47. The monoisotopic (exact) mass is 427 g/mol. The van der Waals surface area contributed by atoms with Crippen LogP contribution in [0.15, 0.2) is 72.9 Å². The van der Waals surface area contributed by atoms with Crippen molar-refractivity contribution in [2.75, 3.05) is 0 Å². The minimum absolute atomic E-state index is 0.133. The van der Waals surface area contributed by atoms with Gasteiger partial charge in [0, 0.05) is 18.0 Å². The molecule has 8 nitrogen and oxygen atoms in total. The topological polar surface area (TPSA) is 120 Å². The van der Waals surface area contributed by atoms with E-state index in [0.29, 0.717) is 11.5 Å². The van der Waals surface area contributed by atoms with Crippen LogP contribution in [0.3, 0.4) is 0 Å². The number of hydrogen-bond donors (Lipinski definition) is 2. The lowest BCUT2D eigenvalue weighted by molar-refractivity contribution is -0.137. The van der Waals surface area contributed by atoms with Crippen LogP contribution in [0, 0.1) is 6.92 Å². The SMILES string of the molecule is Cc1cc(C(=O)N[C@@H](Cc2ccccc2)C(=O)C(N)=O)n(-c2nccc3ccccc23)n1. The predicted octanol–water partition coefficient (Wildman–Crippen LogP) is 2.12. The second-order valence-electron chi connectivity index (χ2n) is 7.38. The molecule has 0 aliphatic heterocycles.